The fourth-order valence-electron chi connectivity index (χ4n) is 2.13. The van der Waals surface area contributed by atoms with Crippen molar-refractivity contribution in [3.05, 3.63) is 47.7 Å². The van der Waals surface area contributed by atoms with Gasteiger partial charge in [0, 0.05) is 24.2 Å². The summed E-state index contributed by atoms with van der Waals surface area (Å²) in [6.45, 7) is 1.34. The molecule has 2 heterocycles. The predicted octanol–water partition coefficient (Wildman–Crippen LogP) is 4.44. The highest BCUT2D eigenvalue weighted by Crippen LogP contribution is 2.35. The van der Waals surface area contributed by atoms with Crippen LogP contribution < -0.4 is 0 Å². The first-order valence-corrected chi connectivity index (χ1v) is 7.71. The number of alkyl halides is 3. The summed E-state index contributed by atoms with van der Waals surface area (Å²) in [5.74, 6) is -0.423. The molecule has 0 aliphatic rings. The smallest absolute Gasteiger partial charge is 0.416 e. The minimum atomic E-state index is -4.41. The van der Waals surface area contributed by atoms with E-state index in [-0.39, 0.29) is 6.61 Å². The van der Waals surface area contributed by atoms with Gasteiger partial charge in [-0.15, -0.1) is 0 Å². The average molecular weight is 352 g/mol. The molecule has 0 amide bonds. The third kappa shape index (κ3) is 3.38. The molecule has 0 N–H and O–H groups in total. The Balaban J connectivity index is 2.02. The highest BCUT2D eigenvalue weighted by molar-refractivity contribution is 7.21. The van der Waals surface area contributed by atoms with Gasteiger partial charge in [0.05, 0.1) is 5.56 Å². The van der Waals surface area contributed by atoms with Gasteiger partial charge in [0.25, 0.3) is 0 Å². The molecule has 8 heteroatoms. The number of halogens is 3. The van der Waals surface area contributed by atoms with Gasteiger partial charge in [0.15, 0.2) is 0 Å². The van der Waals surface area contributed by atoms with E-state index < -0.39 is 17.7 Å². The summed E-state index contributed by atoms with van der Waals surface area (Å²) >= 11 is 1.19. The molecule has 2 aromatic heterocycles. The molecule has 0 saturated heterocycles. The molecule has 124 valence electrons. The molecule has 0 fully saturated rings. The zero-order chi connectivity index (χ0) is 17.3. The first-order chi connectivity index (χ1) is 11.3. The van der Waals surface area contributed by atoms with Gasteiger partial charge in [0.2, 0.25) is 0 Å². The van der Waals surface area contributed by atoms with Crippen LogP contribution in [0.25, 0.3) is 20.9 Å². The molecule has 0 unspecified atom stereocenters. The molecule has 3 aromatic rings. The van der Waals surface area contributed by atoms with Crippen molar-refractivity contribution in [3.8, 4) is 10.6 Å². The zero-order valence-corrected chi connectivity index (χ0v) is 13.2. The molecule has 0 bridgehead atoms. The molecule has 1 aromatic carbocycles. The minimum absolute atomic E-state index is 0.0418. The van der Waals surface area contributed by atoms with Crippen molar-refractivity contribution in [3.63, 3.8) is 0 Å². The fourth-order valence-corrected chi connectivity index (χ4v) is 3.08. The van der Waals surface area contributed by atoms with Gasteiger partial charge in [-0.05, 0) is 18.2 Å². The van der Waals surface area contributed by atoms with Crippen molar-refractivity contribution < 1.29 is 22.7 Å². The molecule has 24 heavy (non-hydrogen) atoms. The van der Waals surface area contributed by atoms with Gasteiger partial charge >= 0.3 is 12.1 Å². The summed E-state index contributed by atoms with van der Waals surface area (Å²) in [4.78, 5) is 20.1. The van der Waals surface area contributed by atoms with Crippen molar-refractivity contribution in [2.45, 2.75) is 19.7 Å². The first-order valence-electron chi connectivity index (χ1n) is 6.90. The van der Waals surface area contributed by atoms with Gasteiger partial charge in [-0.2, -0.15) is 13.2 Å². The maximum atomic E-state index is 12.9. The Bertz CT molecular complexity index is 906. The number of aromatic nitrogens is 2. The van der Waals surface area contributed by atoms with E-state index in [2.05, 4.69) is 9.97 Å². The molecule has 0 aliphatic heterocycles. The summed E-state index contributed by atoms with van der Waals surface area (Å²) in [6.07, 6.45) is -2.86. The Morgan fingerprint density at radius 2 is 2.08 bits per heavy atom. The Morgan fingerprint density at radius 3 is 2.79 bits per heavy atom. The molecular weight excluding hydrogens is 341 g/mol. The fraction of sp³-hybridized carbons (Fsp3) is 0.188. The van der Waals surface area contributed by atoms with Crippen LogP contribution in [0.2, 0.25) is 0 Å². The van der Waals surface area contributed by atoms with Crippen LogP contribution in [-0.4, -0.2) is 15.9 Å². The average Bonchev–Trinajstić information content (AvgIpc) is 2.97. The molecule has 0 radical (unpaired) electrons. The zero-order valence-electron chi connectivity index (χ0n) is 12.4. The summed E-state index contributed by atoms with van der Waals surface area (Å²) in [5.41, 5.74) is 0.819. The van der Waals surface area contributed by atoms with Crippen LogP contribution in [0.4, 0.5) is 13.2 Å². The van der Waals surface area contributed by atoms with Crippen molar-refractivity contribution in [1.82, 2.24) is 9.97 Å². The third-order valence-electron chi connectivity index (χ3n) is 3.25. The normalized spacial score (nSPS) is 11.7. The van der Waals surface area contributed by atoms with Gasteiger partial charge in [-0.1, -0.05) is 23.5 Å². The summed E-state index contributed by atoms with van der Waals surface area (Å²) in [7, 11) is 0. The number of hydrogen-bond acceptors (Lipinski definition) is 5. The summed E-state index contributed by atoms with van der Waals surface area (Å²) in [6, 6.07) is 6.65. The second-order valence-electron chi connectivity index (χ2n) is 5.00. The SMILES string of the molecule is CC(=O)OCc1ccnc2sc(-c3cccc(C(F)(F)F)c3)nc12. The number of benzene rings is 1. The highest BCUT2D eigenvalue weighted by atomic mass is 32.1. The lowest BCUT2D eigenvalue weighted by molar-refractivity contribution is -0.142. The monoisotopic (exact) mass is 352 g/mol. The quantitative estimate of drug-likeness (QED) is 0.654. The van der Waals surface area contributed by atoms with E-state index in [0.717, 1.165) is 12.1 Å². The van der Waals surface area contributed by atoms with Gasteiger partial charge in [-0.3, -0.25) is 4.79 Å². The van der Waals surface area contributed by atoms with Gasteiger partial charge in [0.1, 0.15) is 22.0 Å². The Hall–Kier alpha value is -2.48. The number of ether oxygens (including phenoxy) is 1. The summed E-state index contributed by atoms with van der Waals surface area (Å²) < 4.78 is 43.5. The number of pyridine rings is 1. The Kier molecular flexibility index (Phi) is 4.23. The first kappa shape index (κ1) is 16.4. The number of carbonyl (C=O) groups is 1. The minimum Gasteiger partial charge on any atom is -0.461 e. The number of esters is 1. The molecule has 0 aliphatic carbocycles. The van der Waals surface area contributed by atoms with E-state index in [4.69, 9.17) is 4.74 Å². The standard InChI is InChI=1S/C16H11F3N2O2S/c1-9(22)23-8-11-5-6-20-15-13(11)21-14(24-15)10-3-2-4-12(7-10)16(17,18)19/h2-7H,8H2,1H3. The van der Waals surface area contributed by atoms with Crippen LogP contribution in [-0.2, 0) is 22.3 Å². The lowest BCUT2D eigenvalue weighted by Crippen LogP contribution is -2.04. The van der Waals surface area contributed by atoms with Crippen LogP contribution in [0.1, 0.15) is 18.1 Å². The predicted molar refractivity (Wildman–Crippen MR) is 83.3 cm³/mol. The van der Waals surface area contributed by atoms with Gasteiger partial charge in [-0.25, -0.2) is 9.97 Å². The summed E-state index contributed by atoms with van der Waals surface area (Å²) in [5, 5.41) is 0.430. The molecule has 4 nitrogen and oxygen atoms in total. The van der Waals surface area contributed by atoms with E-state index in [1.54, 1.807) is 18.3 Å². The number of rotatable bonds is 3. The Morgan fingerprint density at radius 1 is 1.29 bits per heavy atom. The van der Waals surface area contributed by atoms with E-state index in [1.165, 1.54) is 24.3 Å². The lowest BCUT2D eigenvalue weighted by Gasteiger charge is -2.07. The molecule has 3 rings (SSSR count). The number of fused-ring (bicyclic) bond motifs is 1. The topological polar surface area (TPSA) is 52.1 Å². The van der Waals surface area contributed by atoms with Crippen molar-refractivity contribution in [2.75, 3.05) is 0 Å². The maximum Gasteiger partial charge on any atom is 0.416 e. The van der Waals surface area contributed by atoms with E-state index in [1.807, 2.05) is 0 Å². The van der Waals surface area contributed by atoms with Crippen LogP contribution in [0, 0.1) is 0 Å². The third-order valence-corrected chi connectivity index (χ3v) is 4.26. The Labute approximate surface area is 138 Å². The maximum absolute atomic E-state index is 12.9. The number of thiazole rings is 1. The van der Waals surface area contributed by atoms with Crippen LogP contribution in [0.5, 0.6) is 0 Å². The van der Waals surface area contributed by atoms with Crippen LogP contribution >= 0.6 is 11.3 Å². The molecule has 0 atom stereocenters. The second kappa shape index (κ2) is 6.20. The van der Waals surface area contributed by atoms with Crippen molar-refractivity contribution in [2.24, 2.45) is 0 Å². The molecule has 0 saturated carbocycles. The van der Waals surface area contributed by atoms with Crippen molar-refractivity contribution >= 4 is 27.7 Å². The molecular formula is C16H11F3N2O2S. The highest BCUT2D eigenvalue weighted by Gasteiger charge is 2.30. The number of nitrogens with zero attached hydrogens (tertiary/aromatic N) is 2. The van der Waals surface area contributed by atoms with Crippen LogP contribution in [0.15, 0.2) is 36.5 Å². The van der Waals surface area contributed by atoms with E-state index >= 15 is 0 Å². The molecule has 0 spiro atoms. The number of hydrogen-bond donors (Lipinski definition) is 0. The van der Waals surface area contributed by atoms with E-state index in [0.29, 0.717) is 26.5 Å². The number of carbonyl (C=O) groups excluding carboxylic acids is 1. The largest absolute Gasteiger partial charge is 0.461 e. The lowest BCUT2D eigenvalue weighted by atomic mass is 10.1. The van der Waals surface area contributed by atoms with E-state index in [9.17, 15) is 18.0 Å². The second-order valence-corrected chi connectivity index (χ2v) is 5.98. The van der Waals surface area contributed by atoms with Crippen molar-refractivity contribution in [1.29, 1.82) is 0 Å². The van der Waals surface area contributed by atoms with Gasteiger partial charge < -0.3 is 4.74 Å². The van der Waals surface area contributed by atoms with Crippen LogP contribution in [0.3, 0.4) is 0 Å².